The molecule has 0 fully saturated rings. The number of nitrogens with zero attached hydrogens (tertiary/aromatic N) is 1. The summed E-state index contributed by atoms with van der Waals surface area (Å²) in [7, 11) is 3.16. The van der Waals surface area contributed by atoms with Gasteiger partial charge >= 0.3 is 0 Å². The number of rotatable bonds is 7. The van der Waals surface area contributed by atoms with Crippen molar-refractivity contribution in [3.05, 3.63) is 18.2 Å². The van der Waals surface area contributed by atoms with E-state index in [9.17, 15) is 0 Å². The van der Waals surface area contributed by atoms with Gasteiger partial charge in [-0.05, 0) is 6.54 Å². The van der Waals surface area contributed by atoms with E-state index in [4.69, 9.17) is 19.5 Å². The second-order valence-electron chi connectivity index (χ2n) is 3.60. The molecule has 0 aliphatic heterocycles. The Labute approximate surface area is 107 Å². The number of nitrogens with one attached hydrogen (secondary N) is 1. The van der Waals surface area contributed by atoms with Crippen molar-refractivity contribution < 1.29 is 14.2 Å². The molecule has 5 nitrogen and oxygen atoms in total. The Morgan fingerprint density at radius 1 is 1.17 bits per heavy atom. The summed E-state index contributed by atoms with van der Waals surface area (Å²) < 4.78 is 15.8. The van der Waals surface area contributed by atoms with Crippen molar-refractivity contribution in [3.63, 3.8) is 0 Å². The van der Waals surface area contributed by atoms with Gasteiger partial charge in [-0.3, -0.25) is 5.32 Å². The third kappa shape index (κ3) is 4.15. The molecular weight excluding hydrogens is 232 g/mol. The van der Waals surface area contributed by atoms with Crippen LogP contribution in [-0.4, -0.2) is 33.4 Å². The van der Waals surface area contributed by atoms with E-state index in [1.165, 1.54) is 0 Å². The first-order valence-electron chi connectivity index (χ1n) is 5.72. The second kappa shape index (κ2) is 7.41. The molecule has 1 atom stereocenters. The summed E-state index contributed by atoms with van der Waals surface area (Å²) in [6.07, 6.45) is 0. The molecule has 1 aromatic rings. The van der Waals surface area contributed by atoms with Crippen LogP contribution >= 0.6 is 0 Å². The zero-order valence-electron chi connectivity index (χ0n) is 10.9. The van der Waals surface area contributed by atoms with Crippen molar-refractivity contribution in [2.24, 2.45) is 0 Å². The molecule has 0 aliphatic rings. The maximum absolute atomic E-state index is 8.89. The average Bonchev–Trinajstić information content (AvgIpc) is 2.42. The molecule has 0 radical (unpaired) electrons. The zero-order valence-corrected chi connectivity index (χ0v) is 10.9. The van der Waals surface area contributed by atoms with Crippen LogP contribution in [0.25, 0.3) is 0 Å². The van der Waals surface area contributed by atoms with E-state index >= 15 is 0 Å². The Balaban J connectivity index is 2.69. The smallest absolute Gasteiger partial charge is 0.130 e. The number of nitriles is 1. The fourth-order valence-electron chi connectivity index (χ4n) is 1.43. The average molecular weight is 250 g/mol. The lowest BCUT2D eigenvalue weighted by molar-refractivity contribution is 0.286. The first-order chi connectivity index (χ1) is 8.73. The lowest BCUT2D eigenvalue weighted by Crippen LogP contribution is -2.32. The van der Waals surface area contributed by atoms with Crippen molar-refractivity contribution in [1.82, 2.24) is 5.32 Å². The molecule has 1 unspecified atom stereocenters. The van der Waals surface area contributed by atoms with Crippen molar-refractivity contribution in [2.75, 3.05) is 27.4 Å². The molecule has 0 saturated heterocycles. The Hall–Kier alpha value is -1.93. The number of hydrogen-bond acceptors (Lipinski definition) is 5. The van der Waals surface area contributed by atoms with Crippen molar-refractivity contribution >= 4 is 0 Å². The lowest BCUT2D eigenvalue weighted by atomic mass is 10.3. The molecule has 0 heterocycles. The number of methoxy groups -OCH3 is 2. The van der Waals surface area contributed by atoms with Gasteiger partial charge in [-0.15, -0.1) is 0 Å². The highest BCUT2D eigenvalue weighted by molar-refractivity contribution is 5.42. The Bertz CT molecular complexity index is 393. The Morgan fingerprint density at radius 2 is 1.72 bits per heavy atom. The van der Waals surface area contributed by atoms with Gasteiger partial charge in [0.05, 0.1) is 20.3 Å². The van der Waals surface area contributed by atoms with Gasteiger partial charge in [0.15, 0.2) is 0 Å². The molecule has 1 N–H and O–H groups in total. The van der Waals surface area contributed by atoms with E-state index in [0.717, 1.165) is 6.54 Å². The summed E-state index contributed by atoms with van der Waals surface area (Å²) in [5.74, 6) is 1.92. The number of hydrogen-bond donors (Lipinski definition) is 1. The fraction of sp³-hybridized carbons (Fsp3) is 0.462. The monoisotopic (exact) mass is 250 g/mol. The maximum atomic E-state index is 8.89. The normalized spacial score (nSPS) is 11.4. The van der Waals surface area contributed by atoms with Crippen LogP contribution in [0.5, 0.6) is 17.2 Å². The van der Waals surface area contributed by atoms with Crippen molar-refractivity contribution in [2.45, 2.75) is 13.0 Å². The molecule has 0 amide bonds. The summed E-state index contributed by atoms with van der Waals surface area (Å²) in [6, 6.07) is 7.07. The van der Waals surface area contributed by atoms with Gasteiger partial charge in [0.2, 0.25) is 0 Å². The molecule has 5 heteroatoms. The van der Waals surface area contributed by atoms with Gasteiger partial charge in [0.25, 0.3) is 0 Å². The zero-order chi connectivity index (χ0) is 13.4. The first kappa shape index (κ1) is 14.1. The highest BCUT2D eigenvalue weighted by atomic mass is 16.5. The van der Waals surface area contributed by atoms with Crippen LogP contribution in [0.15, 0.2) is 18.2 Å². The molecule has 1 rings (SSSR count). The van der Waals surface area contributed by atoms with Crippen LogP contribution in [0.4, 0.5) is 0 Å². The minimum atomic E-state index is -0.327. The third-order valence-corrected chi connectivity index (χ3v) is 2.35. The molecule has 0 spiro atoms. The summed E-state index contributed by atoms with van der Waals surface area (Å²) in [5, 5.41) is 11.9. The van der Waals surface area contributed by atoms with Gasteiger partial charge < -0.3 is 14.2 Å². The first-order valence-corrected chi connectivity index (χ1v) is 5.72. The predicted octanol–water partition coefficient (Wildman–Crippen LogP) is 1.58. The Morgan fingerprint density at radius 3 is 2.17 bits per heavy atom. The van der Waals surface area contributed by atoms with Gasteiger partial charge in [-0.25, -0.2) is 0 Å². The van der Waals surface area contributed by atoms with E-state index in [1.54, 1.807) is 32.4 Å². The molecule has 18 heavy (non-hydrogen) atoms. The summed E-state index contributed by atoms with van der Waals surface area (Å²) >= 11 is 0. The van der Waals surface area contributed by atoms with Gasteiger partial charge in [0, 0.05) is 18.2 Å². The van der Waals surface area contributed by atoms with Crippen LogP contribution < -0.4 is 19.5 Å². The topological polar surface area (TPSA) is 63.5 Å². The van der Waals surface area contributed by atoms with Crippen LogP contribution in [0.1, 0.15) is 6.92 Å². The number of benzene rings is 1. The summed E-state index contributed by atoms with van der Waals surface area (Å²) in [4.78, 5) is 0. The highest BCUT2D eigenvalue weighted by Crippen LogP contribution is 2.27. The minimum Gasteiger partial charge on any atom is -0.496 e. The molecule has 0 bridgehead atoms. The van der Waals surface area contributed by atoms with E-state index in [2.05, 4.69) is 11.4 Å². The van der Waals surface area contributed by atoms with Gasteiger partial charge in [-0.1, -0.05) is 6.92 Å². The van der Waals surface area contributed by atoms with E-state index in [0.29, 0.717) is 17.2 Å². The fourth-order valence-corrected chi connectivity index (χ4v) is 1.43. The van der Waals surface area contributed by atoms with Crippen LogP contribution in [-0.2, 0) is 0 Å². The van der Waals surface area contributed by atoms with E-state index in [1.807, 2.05) is 6.92 Å². The molecule has 1 aromatic carbocycles. The predicted molar refractivity (Wildman–Crippen MR) is 68.1 cm³/mol. The molecular formula is C13H18N2O3. The quantitative estimate of drug-likeness (QED) is 0.796. The van der Waals surface area contributed by atoms with E-state index < -0.39 is 0 Å². The maximum Gasteiger partial charge on any atom is 0.130 e. The number of likely N-dealkylation sites (N-methyl/N-ethyl adjacent to an activating group) is 1. The highest BCUT2D eigenvalue weighted by Gasteiger charge is 2.08. The number of ether oxygens (including phenoxy) is 3. The minimum absolute atomic E-state index is 0.278. The molecule has 98 valence electrons. The van der Waals surface area contributed by atoms with Crippen LogP contribution in [0.2, 0.25) is 0 Å². The van der Waals surface area contributed by atoms with Crippen molar-refractivity contribution in [3.8, 4) is 23.3 Å². The van der Waals surface area contributed by atoms with Crippen LogP contribution in [0, 0.1) is 11.3 Å². The molecule has 0 aromatic heterocycles. The lowest BCUT2D eigenvalue weighted by Gasteiger charge is -2.13. The second-order valence-corrected chi connectivity index (χ2v) is 3.60. The molecule has 0 aliphatic carbocycles. The third-order valence-electron chi connectivity index (χ3n) is 2.35. The molecule has 0 saturated carbocycles. The van der Waals surface area contributed by atoms with E-state index in [-0.39, 0.29) is 12.6 Å². The largest absolute Gasteiger partial charge is 0.496 e. The standard InChI is InChI=1S/C13H18N2O3/c1-4-15-10(8-14)9-18-13-6-11(16-2)5-12(7-13)17-3/h5-7,10,15H,4,9H2,1-3H3. The van der Waals surface area contributed by atoms with Crippen molar-refractivity contribution in [1.29, 1.82) is 5.26 Å². The van der Waals surface area contributed by atoms with Gasteiger partial charge in [0.1, 0.15) is 29.9 Å². The summed E-state index contributed by atoms with van der Waals surface area (Å²) in [5.41, 5.74) is 0. The van der Waals surface area contributed by atoms with Crippen LogP contribution in [0.3, 0.4) is 0 Å². The Kier molecular flexibility index (Phi) is 5.81. The SMILES string of the molecule is CCNC(C#N)COc1cc(OC)cc(OC)c1. The summed E-state index contributed by atoms with van der Waals surface area (Å²) in [6.45, 7) is 2.95. The van der Waals surface area contributed by atoms with Gasteiger partial charge in [-0.2, -0.15) is 5.26 Å².